The predicted molar refractivity (Wildman–Crippen MR) is 80.1 cm³/mol. The van der Waals surface area contributed by atoms with Gasteiger partial charge >= 0.3 is 5.97 Å². The van der Waals surface area contributed by atoms with Crippen molar-refractivity contribution in [2.75, 3.05) is 18.1 Å². The molecule has 1 N–H and O–H groups in total. The Bertz CT molecular complexity index is 622. The number of carbonyl (C=O) groups is 1. The van der Waals surface area contributed by atoms with Crippen molar-refractivity contribution in [1.29, 1.82) is 0 Å². The molecule has 0 unspecified atom stereocenters. The number of hydrogen-bond donors (Lipinski definition) is 1. The van der Waals surface area contributed by atoms with Crippen LogP contribution in [0.5, 0.6) is 5.75 Å². The van der Waals surface area contributed by atoms with Gasteiger partial charge in [-0.15, -0.1) is 0 Å². The smallest absolute Gasteiger partial charge is 0.328 e. The topological polar surface area (TPSA) is 93.6 Å². The van der Waals surface area contributed by atoms with Gasteiger partial charge in [0.05, 0.1) is 12.4 Å². The molecule has 0 spiro atoms. The molecule has 7 heteroatoms. The van der Waals surface area contributed by atoms with E-state index in [4.69, 9.17) is 9.84 Å². The van der Waals surface area contributed by atoms with Crippen LogP contribution >= 0.6 is 0 Å². The maximum atomic E-state index is 11.4. The van der Waals surface area contributed by atoms with E-state index in [1.807, 2.05) is 0 Å². The van der Waals surface area contributed by atoms with Crippen LogP contribution in [0.4, 0.5) is 0 Å². The van der Waals surface area contributed by atoms with Crippen molar-refractivity contribution in [3.8, 4) is 5.75 Å². The molecular formula is C14H19NO5S. The Labute approximate surface area is 124 Å². The van der Waals surface area contributed by atoms with Crippen LogP contribution in [0.3, 0.4) is 0 Å². The minimum atomic E-state index is -3.00. The standard InChI is InChI=1S/C14H19NO5S/c1-3-21(18,19)10-4-9-20-13-7-5-11(2)15-12(13)6-8-14(16)17/h5-8H,3-4,9-10H2,1-2H3,(H,16,17). The molecule has 1 aromatic rings. The van der Waals surface area contributed by atoms with E-state index in [0.717, 1.165) is 11.8 Å². The van der Waals surface area contributed by atoms with Crippen molar-refractivity contribution in [2.24, 2.45) is 0 Å². The maximum absolute atomic E-state index is 11.4. The van der Waals surface area contributed by atoms with Gasteiger partial charge in [-0.05, 0) is 31.6 Å². The Kier molecular flexibility index (Phi) is 6.36. The number of carboxylic acid groups (broad SMARTS) is 1. The van der Waals surface area contributed by atoms with Gasteiger partial charge in [0.15, 0.2) is 0 Å². The van der Waals surface area contributed by atoms with Gasteiger partial charge in [-0.25, -0.2) is 18.2 Å². The Morgan fingerprint density at radius 2 is 2.14 bits per heavy atom. The highest BCUT2D eigenvalue weighted by atomic mass is 32.2. The third-order valence-electron chi connectivity index (χ3n) is 2.71. The summed E-state index contributed by atoms with van der Waals surface area (Å²) in [7, 11) is -3.00. The summed E-state index contributed by atoms with van der Waals surface area (Å²) in [6, 6.07) is 3.44. The second-order valence-corrected chi connectivity index (χ2v) is 6.92. The van der Waals surface area contributed by atoms with Crippen LogP contribution in [0.2, 0.25) is 0 Å². The Morgan fingerprint density at radius 1 is 1.43 bits per heavy atom. The summed E-state index contributed by atoms with van der Waals surface area (Å²) < 4.78 is 28.2. The lowest BCUT2D eigenvalue weighted by molar-refractivity contribution is -0.131. The SMILES string of the molecule is CCS(=O)(=O)CCCOc1ccc(C)nc1C=CC(=O)O. The first kappa shape index (κ1) is 17.2. The van der Waals surface area contributed by atoms with Crippen molar-refractivity contribution in [3.05, 3.63) is 29.6 Å². The van der Waals surface area contributed by atoms with Gasteiger partial charge in [0.1, 0.15) is 21.3 Å². The molecule has 0 aliphatic carbocycles. The summed E-state index contributed by atoms with van der Waals surface area (Å²) in [5.41, 5.74) is 1.15. The summed E-state index contributed by atoms with van der Waals surface area (Å²) in [4.78, 5) is 14.7. The fourth-order valence-corrected chi connectivity index (χ4v) is 2.41. The number of rotatable bonds is 8. The first-order chi connectivity index (χ1) is 9.84. The fraction of sp³-hybridized carbons (Fsp3) is 0.429. The molecule has 0 aromatic carbocycles. The first-order valence-electron chi connectivity index (χ1n) is 6.56. The summed E-state index contributed by atoms with van der Waals surface area (Å²) in [6.07, 6.45) is 2.72. The van der Waals surface area contributed by atoms with Crippen molar-refractivity contribution in [2.45, 2.75) is 20.3 Å². The van der Waals surface area contributed by atoms with E-state index in [2.05, 4.69) is 4.98 Å². The van der Waals surface area contributed by atoms with Crippen LogP contribution < -0.4 is 4.74 Å². The number of sulfone groups is 1. The molecule has 21 heavy (non-hydrogen) atoms. The zero-order valence-electron chi connectivity index (χ0n) is 12.1. The summed E-state index contributed by atoms with van der Waals surface area (Å²) in [5, 5.41) is 8.64. The number of ether oxygens (including phenoxy) is 1. The van der Waals surface area contributed by atoms with Crippen molar-refractivity contribution < 1.29 is 23.1 Å². The Hall–Kier alpha value is -1.89. The molecule has 0 saturated heterocycles. The number of aryl methyl sites for hydroxylation is 1. The lowest BCUT2D eigenvalue weighted by atomic mass is 10.2. The zero-order chi connectivity index (χ0) is 15.9. The van der Waals surface area contributed by atoms with Crippen LogP contribution in [-0.4, -0.2) is 42.6 Å². The lowest BCUT2D eigenvalue weighted by Crippen LogP contribution is -2.12. The van der Waals surface area contributed by atoms with Crippen molar-refractivity contribution >= 4 is 21.9 Å². The molecule has 1 aromatic heterocycles. The highest BCUT2D eigenvalue weighted by Gasteiger charge is 2.08. The van der Waals surface area contributed by atoms with Crippen LogP contribution in [0, 0.1) is 6.92 Å². The number of nitrogens with zero attached hydrogens (tertiary/aromatic N) is 1. The summed E-state index contributed by atoms with van der Waals surface area (Å²) in [6.45, 7) is 3.63. The molecule has 0 amide bonds. The Morgan fingerprint density at radius 3 is 2.76 bits per heavy atom. The molecule has 6 nitrogen and oxygen atoms in total. The number of aromatic nitrogens is 1. The zero-order valence-corrected chi connectivity index (χ0v) is 12.9. The summed E-state index contributed by atoms with van der Waals surface area (Å²) >= 11 is 0. The quantitative estimate of drug-likeness (QED) is 0.580. The van der Waals surface area contributed by atoms with E-state index >= 15 is 0 Å². The molecule has 0 atom stereocenters. The summed E-state index contributed by atoms with van der Waals surface area (Å²) in [5.74, 6) is -0.445. The monoisotopic (exact) mass is 313 g/mol. The lowest BCUT2D eigenvalue weighted by Gasteiger charge is -2.09. The minimum absolute atomic E-state index is 0.0725. The van der Waals surface area contributed by atoms with Gasteiger partial charge < -0.3 is 9.84 Å². The minimum Gasteiger partial charge on any atom is -0.491 e. The maximum Gasteiger partial charge on any atom is 0.328 e. The van der Waals surface area contributed by atoms with Gasteiger partial charge in [-0.1, -0.05) is 6.92 Å². The predicted octanol–water partition coefficient (Wildman–Crippen LogP) is 1.69. The average molecular weight is 313 g/mol. The van der Waals surface area contributed by atoms with Crippen molar-refractivity contribution in [1.82, 2.24) is 4.98 Å². The number of aliphatic carboxylic acids is 1. The van der Waals surface area contributed by atoms with Gasteiger partial charge in [0.25, 0.3) is 0 Å². The molecule has 116 valence electrons. The van der Waals surface area contributed by atoms with E-state index in [-0.39, 0.29) is 18.1 Å². The average Bonchev–Trinajstić information content (AvgIpc) is 2.43. The first-order valence-corrected chi connectivity index (χ1v) is 8.38. The molecule has 0 bridgehead atoms. The molecule has 0 radical (unpaired) electrons. The molecule has 0 saturated carbocycles. The van der Waals surface area contributed by atoms with Crippen LogP contribution in [0.1, 0.15) is 24.7 Å². The molecule has 1 rings (SSSR count). The van der Waals surface area contributed by atoms with Gasteiger partial charge in [-0.2, -0.15) is 0 Å². The highest BCUT2D eigenvalue weighted by Crippen LogP contribution is 2.18. The van der Waals surface area contributed by atoms with Gasteiger partial charge in [-0.3, -0.25) is 0 Å². The molecule has 0 aliphatic heterocycles. The normalized spacial score (nSPS) is 11.7. The largest absolute Gasteiger partial charge is 0.491 e. The van der Waals surface area contributed by atoms with Gasteiger partial charge in [0, 0.05) is 17.5 Å². The van der Waals surface area contributed by atoms with Crippen molar-refractivity contribution in [3.63, 3.8) is 0 Å². The third kappa shape index (κ3) is 6.40. The van der Waals surface area contributed by atoms with Gasteiger partial charge in [0.2, 0.25) is 0 Å². The number of carboxylic acids is 1. The molecule has 1 heterocycles. The number of pyridine rings is 1. The van der Waals surface area contributed by atoms with E-state index in [1.165, 1.54) is 6.08 Å². The second kappa shape index (κ2) is 7.78. The third-order valence-corrected chi connectivity index (χ3v) is 4.50. The van der Waals surface area contributed by atoms with Crippen LogP contribution in [0.25, 0.3) is 6.08 Å². The van der Waals surface area contributed by atoms with Crippen LogP contribution in [0.15, 0.2) is 18.2 Å². The molecular weight excluding hydrogens is 294 g/mol. The molecule has 0 fully saturated rings. The van der Waals surface area contributed by atoms with E-state index in [0.29, 0.717) is 17.9 Å². The number of hydrogen-bond acceptors (Lipinski definition) is 5. The van der Waals surface area contributed by atoms with E-state index < -0.39 is 15.8 Å². The Balaban J connectivity index is 2.68. The van der Waals surface area contributed by atoms with Crippen LogP contribution in [-0.2, 0) is 14.6 Å². The molecule has 0 aliphatic rings. The second-order valence-electron chi connectivity index (χ2n) is 4.45. The highest BCUT2D eigenvalue weighted by molar-refractivity contribution is 7.91. The van der Waals surface area contributed by atoms with E-state index in [9.17, 15) is 13.2 Å². The van der Waals surface area contributed by atoms with E-state index in [1.54, 1.807) is 26.0 Å². The fourth-order valence-electron chi connectivity index (χ4n) is 1.56.